The molecule has 0 saturated carbocycles. The molecule has 1 nitrogen and oxygen atoms in total. The van der Waals surface area contributed by atoms with Crippen LogP contribution < -0.4 is 5.11 Å². The number of hydrogen-bond donors (Lipinski definition) is 0. The SMILES string of the molecule is CCc1cc(C(C)(C)C)c([O-])c(C(C)(C)C)c1.[CH3][Al+][CH3]. The van der Waals surface area contributed by atoms with Crippen molar-refractivity contribution in [2.24, 2.45) is 0 Å². The van der Waals surface area contributed by atoms with Gasteiger partial charge in [-0.1, -0.05) is 60.6 Å². The van der Waals surface area contributed by atoms with Crippen LogP contribution in [0.2, 0.25) is 11.6 Å². The van der Waals surface area contributed by atoms with E-state index >= 15 is 0 Å². The van der Waals surface area contributed by atoms with E-state index in [0.717, 1.165) is 32.8 Å². The summed E-state index contributed by atoms with van der Waals surface area (Å²) >= 11 is 0.750. The minimum atomic E-state index is -0.0811. The predicted molar refractivity (Wildman–Crippen MR) is 90.1 cm³/mol. The second kappa shape index (κ2) is 7.53. The molecule has 112 valence electrons. The molecular formula is C18H31AlO. The van der Waals surface area contributed by atoms with Gasteiger partial charge in [-0.3, -0.25) is 0 Å². The van der Waals surface area contributed by atoms with E-state index < -0.39 is 0 Å². The van der Waals surface area contributed by atoms with Crippen LogP contribution in [-0.2, 0) is 17.3 Å². The normalized spacial score (nSPS) is 11.4. The van der Waals surface area contributed by atoms with E-state index in [-0.39, 0.29) is 16.6 Å². The first-order valence-electron chi connectivity index (χ1n) is 7.57. The van der Waals surface area contributed by atoms with Crippen LogP contribution in [0, 0.1) is 0 Å². The first-order chi connectivity index (χ1) is 8.98. The third-order valence-corrected chi connectivity index (χ3v) is 3.17. The summed E-state index contributed by atoms with van der Waals surface area (Å²) in [4.78, 5) is 0. The van der Waals surface area contributed by atoms with Crippen molar-refractivity contribution in [1.82, 2.24) is 0 Å². The van der Waals surface area contributed by atoms with Crippen LogP contribution in [0.1, 0.15) is 65.2 Å². The van der Waals surface area contributed by atoms with Crippen LogP contribution >= 0.6 is 0 Å². The van der Waals surface area contributed by atoms with Crippen molar-refractivity contribution in [2.45, 2.75) is 77.3 Å². The number of aryl methyl sites for hydroxylation is 1. The Morgan fingerprint density at radius 2 is 1.20 bits per heavy atom. The molecule has 0 aliphatic heterocycles. The van der Waals surface area contributed by atoms with Gasteiger partial charge >= 0.3 is 26.8 Å². The molecule has 0 spiro atoms. The molecule has 0 aromatic heterocycles. The average molecular weight is 290 g/mol. The van der Waals surface area contributed by atoms with Gasteiger partial charge in [0.15, 0.2) is 0 Å². The summed E-state index contributed by atoms with van der Waals surface area (Å²) in [5.74, 6) is 4.64. The van der Waals surface area contributed by atoms with Gasteiger partial charge in [0.1, 0.15) is 0 Å². The molecule has 0 N–H and O–H groups in total. The molecule has 1 aromatic rings. The fourth-order valence-electron chi connectivity index (χ4n) is 2.01. The van der Waals surface area contributed by atoms with Crippen LogP contribution in [0.15, 0.2) is 12.1 Å². The van der Waals surface area contributed by atoms with Gasteiger partial charge in [-0.25, -0.2) is 0 Å². The standard InChI is InChI=1S/C16H26O.2CH3.Al/c1-8-11-9-12(15(2,3)4)14(17)13(10-11)16(5,6)7;;;/h9-10,17H,8H2,1-7H3;2*1H3;/q;;;+1/p-1. The Morgan fingerprint density at radius 3 is 1.40 bits per heavy atom. The fourth-order valence-corrected chi connectivity index (χ4v) is 2.01. The Hall–Kier alpha value is -0.448. The molecule has 0 aliphatic rings. The fraction of sp³-hybridized carbons (Fsp3) is 0.667. The molecule has 0 heterocycles. The summed E-state index contributed by atoms with van der Waals surface area (Å²) in [6.07, 6.45) is 0.979. The van der Waals surface area contributed by atoms with Gasteiger partial charge in [-0.15, -0.1) is 5.75 Å². The molecule has 20 heavy (non-hydrogen) atoms. The van der Waals surface area contributed by atoms with E-state index in [1.807, 2.05) is 0 Å². The van der Waals surface area contributed by atoms with Crippen molar-refractivity contribution in [2.75, 3.05) is 0 Å². The van der Waals surface area contributed by atoms with Crippen LogP contribution in [-0.4, -0.2) is 15.2 Å². The first kappa shape index (κ1) is 19.6. The zero-order valence-electron chi connectivity index (χ0n) is 14.8. The minimum absolute atomic E-state index is 0.0811. The molecule has 0 unspecified atom stereocenters. The van der Waals surface area contributed by atoms with Crippen molar-refractivity contribution < 1.29 is 5.11 Å². The molecule has 0 amide bonds. The molecule has 1 rings (SSSR count). The van der Waals surface area contributed by atoms with Gasteiger partial charge in [-0.05, 0) is 33.9 Å². The van der Waals surface area contributed by atoms with E-state index in [1.54, 1.807) is 0 Å². The molecule has 1 aromatic carbocycles. The molecule has 0 saturated heterocycles. The molecular weight excluding hydrogens is 259 g/mol. The molecule has 0 radical (unpaired) electrons. The Balaban J connectivity index is 0.00000110. The van der Waals surface area contributed by atoms with Gasteiger partial charge in [0, 0.05) is 0 Å². The topological polar surface area (TPSA) is 23.1 Å². The summed E-state index contributed by atoms with van der Waals surface area (Å²) in [6.45, 7) is 14.8. The Kier molecular flexibility index (Phi) is 7.36. The number of benzene rings is 1. The average Bonchev–Trinajstić information content (AvgIpc) is 2.27. The Labute approximate surface area is 132 Å². The van der Waals surface area contributed by atoms with Gasteiger partial charge in [0.2, 0.25) is 0 Å². The van der Waals surface area contributed by atoms with E-state index in [4.69, 9.17) is 0 Å². The maximum atomic E-state index is 12.5. The summed E-state index contributed by atoms with van der Waals surface area (Å²) < 4.78 is 0. The van der Waals surface area contributed by atoms with Crippen LogP contribution in [0.4, 0.5) is 0 Å². The second-order valence-corrected chi connectivity index (χ2v) is 8.61. The molecule has 0 fully saturated rings. The van der Waals surface area contributed by atoms with Crippen LogP contribution in [0.5, 0.6) is 5.75 Å². The molecule has 2 heteroatoms. The van der Waals surface area contributed by atoms with Crippen molar-refractivity contribution in [3.63, 3.8) is 0 Å². The third-order valence-electron chi connectivity index (χ3n) is 3.17. The monoisotopic (exact) mass is 290 g/mol. The quantitative estimate of drug-likeness (QED) is 0.687. The van der Waals surface area contributed by atoms with E-state index in [9.17, 15) is 5.11 Å². The second-order valence-electron chi connectivity index (χ2n) is 7.45. The maximum absolute atomic E-state index is 12.5. The van der Waals surface area contributed by atoms with Crippen molar-refractivity contribution in [3.05, 3.63) is 28.8 Å². The zero-order valence-corrected chi connectivity index (χ0v) is 16.0. The van der Waals surface area contributed by atoms with E-state index in [2.05, 4.69) is 72.2 Å². The molecule has 0 atom stereocenters. The Morgan fingerprint density at radius 1 is 0.900 bits per heavy atom. The van der Waals surface area contributed by atoms with Gasteiger partial charge < -0.3 is 5.11 Å². The van der Waals surface area contributed by atoms with E-state index in [0.29, 0.717) is 0 Å². The number of hydrogen-bond acceptors (Lipinski definition) is 1. The Bertz CT molecular complexity index is 387. The third kappa shape index (κ3) is 5.51. The summed E-state index contributed by atoms with van der Waals surface area (Å²) in [7, 11) is 0. The van der Waals surface area contributed by atoms with Crippen molar-refractivity contribution in [3.8, 4) is 5.75 Å². The van der Waals surface area contributed by atoms with Crippen LogP contribution in [0.25, 0.3) is 0 Å². The van der Waals surface area contributed by atoms with Crippen molar-refractivity contribution in [1.29, 1.82) is 0 Å². The molecule has 0 aliphatic carbocycles. The zero-order chi connectivity index (χ0) is 16.1. The van der Waals surface area contributed by atoms with E-state index in [1.165, 1.54) is 5.56 Å². The molecule has 0 bridgehead atoms. The summed E-state index contributed by atoms with van der Waals surface area (Å²) in [6, 6.07) is 4.16. The first-order valence-corrected chi connectivity index (χ1v) is 9.88. The summed E-state index contributed by atoms with van der Waals surface area (Å²) in [5.41, 5.74) is 2.99. The predicted octanol–water partition coefficient (Wildman–Crippen LogP) is 4.70. The van der Waals surface area contributed by atoms with Gasteiger partial charge in [-0.2, -0.15) is 0 Å². The van der Waals surface area contributed by atoms with Gasteiger partial charge in [0.25, 0.3) is 0 Å². The van der Waals surface area contributed by atoms with Crippen molar-refractivity contribution >= 4 is 15.2 Å². The van der Waals surface area contributed by atoms with Crippen LogP contribution in [0.3, 0.4) is 0 Å². The number of rotatable bonds is 1. The summed E-state index contributed by atoms with van der Waals surface area (Å²) in [5, 5.41) is 12.5. The van der Waals surface area contributed by atoms with Gasteiger partial charge in [0.05, 0.1) is 0 Å².